The Morgan fingerprint density at radius 2 is 1.68 bits per heavy atom. The molecule has 0 bridgehead atoms. The summed E-state index contributed by atoms with van der Waals surface area (Å²) in [6.07, 6.45) is 1.82. The van der Waals surface area contributed by atoms with E-state index in [-0.39, 0.29) is 30.5 Å². The van der Waals surface area contributed by atoms with Gasteiger partial charge in [-0.05, 0) is 55.5 Å². The predicted molar refractivity (Wildman–Crippen MR) is 139 cm³/mol. The van der Waals surface area contributed by atoms with Crippen LogP contribution in [-0.4, -0.2) is 39.7 Å². The molecule has 1 heterocycles. The first kappa shape index (κ1) is 25.1. The Labute approximate surface area is 213 Å². The van der Waals surface area contributed by atoms with Gasteiger partial charge in [0.25, 0.3) is 11.6 Å². The Morgan fingerprint density at radius 1 is 0.973 bits per heavy atom. The molecular formula is C27H25N5O5. The van der Waals surface area contributed by atoms with E-state index in [1.165, 1.54) is 12.1 Å². The van der Waals surface area contributed by atoms with Crippen LogP contribution in [-0.2, 0) is 16.0 Å². The molecule has 0 unspecified atom stereocenters. The lowest BCUT2D eigenvalue weighted by Gasteiger charge is -2.08. The normalized spacial score (nSPS) is 10.5. The van der Waals surface area contributed by atoms with Gasteiger partial charge in [0.05, 0.1) is 22.7 Å². The van der Waals surface area contributed by atoms with Gasteiger partial charge in [-0.1, -0.05) is 18.2 Å². The zero-order valence-electron chi connectivity index (χ0n) is 20.1. The summed E-state index contributed by atoms with van der Waals surface area (Å²) < 4.78 is 7.11. The number of carbonyl (C=O) groups is 2. The number of likely N-dealkylation sites (N-methyl/N-ethyl adjacent to an activating group) is 1. The molecule has 188 valence electrons. The van der Waals surface area contributed by atoms with Crippen LogP contribution in [0.15, 0.2) is 85.1 Å². The third-order valence-electron chi connectivity index (χ3n) is 5.40. The molecule has 0 aliphatic carbocycles. The summed E-state index contributed by atoms with van der Waals surface area (Å²) in [7, 11) is 0. The van der Waals surface area contributed by atoms with E-state index in [9.17, 15) is 19.7 Å². The number of ether oxygens (including phenoxy) is 1. The van der Waals surface area contributed by atoms with Crippen LogP contribution in [0.5, 0.6) is 5.75 Å². The van der Waals surface area contributed by atoms with Crippen molar-refractivity contribution >= 4 is 23.2 Å². The highest BCUT2D eigenvalue weighted by Gasteiger charge is 2.17. The van der Waals surface area contributed by atoms with Crippen LogP contribution < -0.4 is 15.4 Å². The Morgan fingerprint density at radius 3 is 2.32 bits per heavy atom. The first-order valence-electron chi connectivity index (χ1n) is 11.6. The minimum atomic E-state index is -0.461. The number of nitrogens with zero attached hydrogens (tertiary/aromatic N) is 3. The van der Waals surface area contributed by atoms with Crippen molar-refractivity contribution in [3.8, 4) is 22.7 Å². The molecule has 10 nitrogen and oxygen atoms in total. The molecule has 0 saturated carbocycles. The van der Waals surface area contributed by atoms with Gasteiger partial charge in [0, 0.05) is 41.7 Å². The van der Waals surface area contributed by atoms with Gasteiger partial charge in [0.1, 0.15) is 5.75 Å². The van der Waals surface area contributed by atoms with Crippen molar-refractivity contribution < 1.29 is 19.2 Å². The van der Waals surface area contributed by atoms with Gasteiger partial charge in [0.15, 0.2) is 6.61 Å². The minimum absolute atomic E-state index is 0.0241. The average molecular weight is 500 g/mol. The van der Waals surface area contributed by atoms with E-state index >= 15 is 0 Å². The number of benzene rings is 3. The first-order chi connectivity index (χ1) is 17.9. The lowest BCUT2D eigenvalue weighted by atomic mass is 10.1. The highest BCUT2D eigenvalue weighted by molar-refractivity contribution is 5.93. The molecule has 37 heavy (non-hydrogen) atoms. The van der Waals surface area contributed by atoms with Crippen LogP contribution in [0.1, 0.15) is 12.5 Å². The standard InChI is InChI=1S/C27H25N5O5/c1-2-28-26(34)18-37-24-14-10-21(11-15-24)29-25(33)16-20-17-31(22-6-4-3-5-7-22)30-27(20)19-8-12-23(13-9-19)32(35)36/h3-15,17H,2,16,18H2,1H3,(H,28,34)(H,29,33). The Balaban J connectivity index is 1.50. The molecule has 4 aromatic rings. The number of non-ortho nitro benzene ring substituents is 1. The van der Waals surface area contributed by atoms with E-state index in [1.807, 2.05) is 37.3 Å². The quantitative estimate of drug-likeness (QED) is 0.249. The van der Waals surface area contributed by atoms with E-state index in [2.05, 4.69) is 15.7 Å². The van der Waals surface area contributed by atoms with E-state index in [0.29, 0.717) is 34.8 Å². The molecular weight excluding hydrogens is 474 g/mol. The van der Waals surface area contributed by atoms with Gasteiger partial charge in [0.2, 0.25) is 5.91 Å². The summed E-state index contributed by atoms with van der Waals surface area (Å²) in [6, 6.07) is 22.3. The van der Waals surface area contributed by atoms with Crippen molar-refractivity contribution in [3.05, 3.63) is 101 Å². The summed E-state index contributed by atoms with van der Waals surface area (Å²) in [5.41, 5.74) is 3.25. The van der Waals surface area contributed by atoms with Gasteiger partial charge in [-0.25, -0.2) is 4.68 Å². The molecule has 0 aliphatic rings. The molecule has 0 aliphatic heterocycles. The molecule has 0 saturated heterocycles. The van der Waals surface area contributed by atoms with Crippen molar-refractivity contribution in [2.75, 3.05) is 18.5 Å². The van der Waals surface area contributed by atoms with Crippen LogP contribution in [0.2, 0.25) is 0 Å². The van der Waals surface area contributed by atoms with Crippen molar-refractivity contribution in [1.82, 2.24) is 15.1 Å². The zero-order chi connectivity index (χ0) is 26.2. The lowest BCUT2D eigenvalue weighted by Crippen LogP contribution is -2.28. The topological polar surface area (TPSA) is 128 Å². The number of para-hydroxylation sites is 1. The summed E-state index contributed by atoms with van der Waals surface area (Å²) >= 11 is 0. The number of rotatable bonds is 10. The molecule has 0 spiro atoms. The minimum Gasteiger partial charge on any atom is -0.484 e. The number of hydrogen-bond donors (Lipinski definition) is 2. The van der Waals surface area contributed by atoms with E-state index in [0.717, 1.165) is 5.69 Å². The van der Waals surface area contributed by atoms with Crippen molar-refractivity contribution in [2.45, 2.75) is 13.3 Å². The second-order valence-electron chi connectivity index (χ2n) is 8.08. The van der Waals surface area contributed by atoms with Crippen LogP contribution in [0, 0.1) is 10.1 Å². The monoisotopic (exact) mass is 499 g/mol. The molecule has 10 heteroatoms. The highest BCUT2D eigenvalue weighted by atomic mass is 16.6. The van der Waals surface area contributed by atoms with Gasteiger partial charge >= 0.3 is 0 Å². The van der Waals surface area contributed by atoms with E-state index in [1.54, 1.807) is 47.3 Å². The first-order valence-corrected chi connectivity index (χ1v) is 11.6. The highest BCUT2D eigenvalue weighted by Crippen LogP contribution is 2.27. The molecule has 2 N–H and O–H groups in total. The van der Waals surface area contributed by atoms with Crippen molar-refractivity contribution in [1.29, 1.82) is 0 Å². The fourth-order valence-electron chi connectivity index (χ4n) is 3.65. The van der Waals surface area contributed by atoms with Gasteiger partial charge in [-0.3, -0.25) is 19.7 Å². The fraction of sp³-hybridized carbons (Fsp3) is 0.148. The van der Waals surface area contributed by atoms with E-state index < -0.39 is 4.92 Å². The predicted octanol–water partition coefficient (Wildman–Crippen LogP) is 4.14. The number of aromatic nitrogens is 2. The second-order valence-corrected chi connectivity index (χ2v) is 8.08. The fourth-order valence-corrected chi connectivity index (χ4v) is 3.65. The summed E-state index contributed by atoms with van der Waals surface area (Å²) in [5.74, 6) is 0.0420. The third kappa shape index (κ3) is 6.57. The molecule has 0 atom stereocenters. The number of anilines is 1. The molecule has 0 fully saturated rings. The van der Waals surface area contributed by atoms with Crippen molar-refractivity contribution in [3.63, 3.8) is 0 Å². The SMILES string of the molecule is CCNC(=O)COc1ccc(NC(=O)Cc2cn(-c3ccccc3)nc2-c2ccc([N+](=O)[O-])cc2)cc1. The Bertz CT molecular complexity index is 1380. The lowest BCUT2D eigenvalue weighted by molar-refractivity contribution is -0.384. The summed E-state index contributed by atoms with van der Waals surface area (Å²) in [6.45, 7) is 2.27. The number of nitro groups is 1. The Hall–Kier alpha value is -4.99. The number of hydrogen-bond acceptors (Lipinski definition) is 6. The number of carbonyl (C=O) groups excluding carboxylic acids is 2. The molecule has 0 radical (unpaired) electrons. The summed E-state index contributed by atoms with van der Waals surface area (Å²) in [5, 5.41) is 21.2. The number of nitrogens with one attached hydrogen (secondary N) is 2. The summed E-state index contributed by atoms with van der Waals surface area (Å²) in [4.78, 5) is 35.0. The molecule has 3 aromatic carbocycles. The van der Waals surface area contributed by atoms with Crippen molar-refractivity contribution in [2.24, 2.45) is 0 Å². The van der Waals surface area contributed by atoms with Gasteiger partial charge in [-0.15, -0.1) is 0 Å². The molecule has 1 aromatic heterocycles. The van der Waals surface area contributed by atoms with Crippen LogP contribution in [0.25, 0.3) is 16.9 Å². The van der Waals surface area contributed by atoms with Crippen LogP contribution in [0.4, 0.5) is 11.4 Å². The van der Waals surface area contributed by atoms with Gasteiger partial charge < -0.3 is 15.4 Å². The maximum absolute atomic E-state index is 12.9. The molecule has 4 rings (SSSR count). The Kier molecular flexibility index (Phi) is 7.89. The smallest absolute Gasteiger partial charge is 0.269 e. The number of amides is 2. The van der Waals surface area contributed by atoms with Crippen LogP contribution in [0.3, 0.4) is 0 Å². The largest absolute Gasteiger partial charge is 0.484 e. The maximum atomic E-state index is 12.9. The van der Waals surface area contributed by atoms with Crippen LogP contribution >= 0.6 is 0 Å². The maximum Gasteiger partial charge on any atom is 0.269 e. The number of nitro benzene ring substituents is 1. The molecule has 2 amide bonds. The third-order valence-corrected chi connectivity index (χ3v) is 5.40. The van der Waals surface area contributed by atoms with E-state index in [4.69, 9.17) is 4.74 Å². The van der Waals surface area contributed by atoms with Gasteiger partial charge in [-0.2, -0.15) is 5.10 Å². The zero-order valence-corrected chi connectivity index (χ0v) is 20.1. The second kappa shape index (κ2) is 11.6. The average Bonchev–Trinajstić information content (AvgIpc) is 3.32.